The van der Waals surface area contributed by atoms with Crippen LogP contribution in [0.25, 0.3) is 0 Å². The third-order valence-corrected chi connectivity index (χ3v) is 2.71. The number of rotatable bonds is 3. The molecule has 0 unspecified atom stereocenters. The molecule has 1 aromatic heterocycles. The molecule has 2 rings (SSSR count). The first-order chi connectivity index (χ1) is 9.11. The average Bonchev–Trinajstić information content (AvgIpc) is 2.42. The van der Waals surface area contributed by atoms with Gasteiger partial charge in [-0.1, -0.05) is 30.3 Å². The van der Waals surface area contributed by atoms with E-state index >= 15 is 0 Å². The summed E-state index contributed by atoms with van der Waals surface area (Å²) in [5.74, 6) is -1.06. The highest BCUT2D eigenvalue weighted by Gasteiger charge is 2.14. The van der Waals surface area contributed by atoms with Crippen LogP contribution < -0.4 is 5.56 Å². The zero-order chi connectivity index (χ0) is 13.8. The second-order valence-electron chi connectivity index (χ2n) is 4.02. The number of hydrogen-bond donors (Lipinski definition) is 1. The topological polar surface area (TPSA) is 68.5 Å². The standard InChI is InChI=1S/C14H13NO4/c1-19-14(18)11-9-15(13(17)7-12(11)16)8-10-5-3-2-4-6-10/h2-7,9,16H,8H2,1H3. The molecule has 1 N–H and O–H groups in total. The van der Waals surface area contributed by atoms with Crippen molar-refractivity contribution >= 4 is 5.97 Å². The summed E-state index contributed by atoms with van der Waals surface area (Å²) in [6.45, 7) is 0.323. The lowest BCUT2D eigenvalue weighted by Gasteiger charge is -2.09. The predicted octanol–water partition coefficient (Wildman–Crippen LogP) is 1.39. The lowest BCUT2D eigenvalue weighted by molar-refractivity contribution is 0.0596. The molecule has 5 nitrogen and oxygen atoms in total. The Balaban J connectivity index is 2.41. The van der Waals surface area contributed by atoms with Gasteiger partial charge >= 0.3 is 5.97 Å². The van der Waals surface area contributed by atoms with Gasteiger partial charge in [-0.15, -0.1) is 0 Å². The minimum Gasteiger partial charge on any atom is -0.507 e. The van der Waals surface area contributed by atoms with Crippen LogP contribution in [0.1, 0.15) is 15.9 Å². The molecule has 0 aliphatic heterocycles. The van der Waals surface area contributed by atoms with E-state index in [2.05, 4.69) is 4.74 Å². The van der Waals surface area contributed by atoms with Crippen molar-refractivity contribution in [2.75, 3.05) is 7.11 Å². The number of carbonyl (C=O) groups is 1. The second kappa shape index (κ2) is 5.39. The first-order valence-corrected chi connectivity index (χ1v) is 5.67. The van der Waals surface area contributed by atoms with Crippen LogP contribution in [-0.4, -0.2) is 22.8 Å². The maximum absolute atomic E-state index is 11.8. The van der Waals surface area contributed by atoms with E-state index in [1.54, 1.807) is 0 Å². The van der Waals surface area contributed by atoms with Crippen LogP contribution in [-0.2, 0) is 11.3 Å². The Labute approximate surface area is 109 Å². The van der Waals surface area contributed by atoms with Gasteiger partial charge in [0.05, 0.1) is 13.7 Å². The molecule has 0 aliphatic carbocycles. The van der Waals surface area contributed by atoms with Crippen LogP contribution >= 0.6 is 0 Å². The van der Waals surface area contributed by atoms with Crippen molar-refractivity contribution in [2.24, 2.45) is 0 Å². The minimum atomic E-state index is -0.681. The molecule has 0 aliphatic rings. The van der Waals surface area contributed by atoms with E-state index in [9.17, 15) is 14.7 Å². The maximum atomic E-state index is 11.8. The van der Waals surface area contributed by atoms with Gasteiger partial charge in [0.15, 0.2) is 0 Å². The number of methoxy groups -OCH3 is 1. The molecule has 0 radical (unpaired) electrons. The summed E-state index contributed by atoms with van der Waals surface area (Å²) >= 11 is 0. The van der Waals surface area contributed by atoms with Gasteiger partial charge in [0.1, 0.15) is 11.3 Å². The van der Waals surface area contributed by atoms with Crippen molar-refractivity contribution in [3.8, 4) is 5.75 Å². The predicted molar refractivity (Wildman–Crippen MR) is 69.3 cm³/mol. The Hall–Kier alpha value is -2.56. The molecule has 1 heterocycles. The van der Waals surface area contributed by atoms with Crippen LogP contribution in [0.2, 0.25) is 0 Å². The molecule has 0 saturated carbocycles. The summed E-state index contributed by atoms with van der Waals surface area (Å²) in [5.41, 5.74) is 0.512. The Morgan fingerprint density at radius 1 is 1.32 bits per heavy atom. The van der Waals surface area contributed by atoms with Crippen molar-refractivity contribution in [3.05, 3.63) is 64.1 Å². The molecule has 5 heteroatoms. The molecular weight excluding hydrogens is 246 g/mol. The van der Waals surface area contributed by atoms with Gasteiger partial charge in [-0.25, -0.2) is 4.79 Å². The maximum Gasteiger partial charge on any atom is 0.343 e. The number of ether oxygens (including phenoxy) is 1. The van der Waals surface area contributed by atoms with E-state index in [1.807, 2.05) is 30.3 Å². The summed E-state index contributed by atoms with van der Waals surface area (Å²) in [5, 5.41) is 9.57. The molecule has 0 atom stereocenters. The fourth-order valence-corrected chi connectivity index (χ4v) is 1.73. The molecule has 1 aromatic carbocycles. The molecule has 19 heavy (non-hydrogen) atoms. The SMILES string of the molecule is COC(=O)c1cn(Cc2ccccc2)c(=O)cc1O. The molecule has 2 aromatic rings. The first-order valence-electron chi connectivity index (χ1n) is 5.67. The summed E-state index contributed by atoms with van der Waals surface area (Å²) < 4.78 is 5.90. The summed E-state index contributed by atoms with van der Waals surface area (Å²) in [7, 11) is 1.22. The van der Waals surface area contributed by atoms with E-state index in [-0.39, 0.29) is 16.9 Å². The van der Waals surface area contributed by atoms with Gasteiger partial charge in [0, 0.05) is 12.3 Å². The first kappa shape index (κ1) is 12.9. The van der Waals surface area contributed by atoms with Gasteiger partial charge in [-0.05, 0) is 5.56 Å². The third kappa shape index (κ3) is 2.82. The third-order valence-electron chi connectivity index (χ3n) is 2.71. The molecule has 0 amide bonds. The van der Waals surface area contributed by atoms with E-state index in [0.717, 1.165) is 11.6 Å². The van der Waals surface area contributed by atoms with Crippen LogP contribution in [0.15, 0.2) is 47.4 Å². The molecule has 0 bridgehead atoms. The number of aromatic hydroxyl groups is 1. The smallest absolute Gasteiger partial charge is 0.343 e. The van der Waals surface area contributed by atoms with Gasteiger partial charge in [0.2, 0.25) is 0 Å². The number of carbonyl (C=O) groups excluding carboxylic acids is 1. The van der Waals surface area contributed by atoms with Crippen molar-refractivity contribution in [1.82, 2.24) is 4.57 Å². The van der Waals surface area contributed by atoms with E-state index in [4.69, 9.17) is 0 Å². The number of nitrogens with zero attached hydrogens (tertiary/aromatic N) is 1. The van der Waals surface area contributed by atoms with Crippen molar-refractivity contribution in [1.29, 1.82) is 0 Å². The number of pyridine rings is 1. The summed E-state index contributed by atoms with van der Waals surface area (Å²) in [4.78, 5) is 23.2. The molecule has 98 valence electrons. The van der Waals surface area contributed by atoms with Crippen molar-refractivity contribution in [3.63, 3.8) is 0 Å². The fraction of sp³-hybridized carbons (Fsp3) is 0.143. The van der Waals surface area contributed by atoms with E-state index in [1.165, 1.54) is 17.9 Å². The van der Waals surface area contributed by atoms with Gasteiger partial charge in [-0.2, -0.15) is 0 Å². The Bertz CT molecular complexity index is 646. The Morgan fingerprint density at radius 3 is 2.63 bits per heavy atom. The van der Waals surface area contributed by atoms with Crippen LogP contribution in [0.4, 0.5) is 0 Å². The normalized spacial score (nSPS) is 10.2. The minimum absolute atomic E-state index is 0.0296. The lowest BCUT2D eigenvalue weighted by Crippen LogP contribution is -2.21. The second-order valence-corrected chi connectivity index (χ2v) is 4.02. The zero-order valence-corrected chi connectivity index (χ0v) is 10.4. The number of esters is 1. The van der Waals surface area contributed by atoms with Crippen molar-refractivity contribution in [2.45, 2.75) is 6.54 Å². The van der Waals surface area contributed by atoms with Gasteiger partial charge in [0.25, 0.3) is 5.56 Å². The monoisotopic (exact) mass is 259 g/mol. The Kier molecular flexibility index (Phi) is 3.66. The van der Waals surface area contributed by atoms with E-state index in [0.29, 0.717) is 6.54 Å². The molecule has 0 fully saturated rings. The highest BCUT2D eigenvalue weighted by molar-refractivity contribution is 5.91. The highest BCUT2D eigenvalue weighted by atomic mass is 16.5. The van der Waals surface area contributed by atoms with Crippen LogP contribution in [0.5, 0.6) is 5.75 Å². The number of benzene rings is 1. The van der Waals surface area contributed by atoms with Crippen molar-refractivity contribution < 1.29 is 14.6 Å². The quantitative estimate of drug-likeness (QED) is 0.846. The van der Waals surface area contributed by atoms with Crippen LogP contribution in [0, 0.1) is 0 Å². The number of hydrogen-bond acceptors (Lipinski definition) is 4. The zero-order valence-electron chi connectivity index (χ0n) is 10.4. The molecule has 0 saturated heterocycles. The van der Waals surface area contributed by atoms with Crippen LogP contribution in [0.3, 0.4) is 0 Å². The molecular formula is C14H13NO4. The highest BCUT2D eigenvalue weighted by Crippen LogP contribution is 2.15. The van der Waals surface area contributed by atoms with Gasteiger partial charge < -0.3 is 14.4 Å². The largest absolute Gasteiger partial charge is 0.507 e. The summed E-state index contributed by atoms with van der Waals surface area (Å²) in [6, 6.07) is 10.4. The van der Waals surface area contributed by atoms with Gasteiger partial charge in [-0.3, -0.25) is 4.79 Å². The summed E-state index contributed by atoms with van der Waals surface area (Å²) in [6.07, 6.45) is 1.30. The fourth-order valence-electron chi connectivity index (χ4n) is 1.73. The average molecular weight is 259 g/mol. The number of aromatic nitrogens is 1. The molecule has 0 spiro atoms. The lowest BCUT2D eigenvalue weighted by atomic mass is 10.2. The van der Waals surface area contributed by atoms with E-state index < -0.39 is 5.97 Å². The Morgan fingerprint density at radius 2 is 2.00 bits per heavy atom.